The number of aliphatic hydroxyl groups is 1. The lowest BCUT2D eigenvalue weighted by Crippen LogP contribution is -2.51. The van der Waals surface area contributed by atoms with E-state index in [1.54, 1.807) is 12.1 Å². The van der Waals surface area contributed by atoms with Gasteiger partial charge in [-0.15, -0.1) is 0 Å². The number of carbonyl (C=O) groups is 1. The first kappa shape index (κ1) is 16.8. The van der Waals surface area contributed by atoms with Crippen molar-refractivity contribution in [2.45, 2.75) is 51.1 Å². The number of benzene rings is 1. The van der Waals surface area contributed by atoms with Crippen molar-refractivity contribution in [3.05, 3.63) is 24.3 Å². The predicted octanol–water partition coefficient (Wildman–Crippen LogP) is 2.22. The predicted molar refractivity (Wildman–Crippen MR) is 89.6 cm³/mol. The van der Waals surface area contributed by atoms with Gasteiger partial charge in [-0.1, -0.05) is 13.3 Å². The van der Waals surface area contributed by atoms with Crippen LogP contribution in [0.3, 0.4) is 0 Å². The van der Waals surface area contributed by atoms with Crippen LogP contribution in [-0.4, -0.2) is 41.1 Å². The van der Waals surface area contributed by atoms with Gasteiger partial charge in [0, 0.05) is 24.0 Å². The number of nitrogens with one attached hydrogen (secondary N) is 1. The van der Waals surface area contributed by atoms with E-state index in [2.05, 4.69) is 10.2 Å². The van der Waals surface area contributed by atoms with E-state index in [1.165, 1.54) is 6.42 Å². The summed E-state index contributed by atoms with van der Waals surface area (Å²) in [5, 5.41) is 12.2. The van der Waals surface area contributed by atoms with Gasteiger partial charge in [-0.3, -0.25) is 9.69 Å². The second-order valence-electron chi connectivity index (χ2n) is 5.94. The van der Waals surface area contributed by atoms with Crippen molar-refractivity contribution in [2.75, 3.05) is 24.2 Å². The number of carbonyl (C=O) groups excluding carboxylic acids is 1. The third-order valence-electron chi connectivity index (χ3n) is 4.40. The molecule has 1 aliphatic heterocycles. The van der Waals surface area contributed by atoms with Gasteiger partial charge in [0.2, 0.25) is 5.91 Å². The molecular weight excluding hydrogens is 278 g/mol. The summed E-state index contributed by atoms with van der Waals surface area (Å²) in [6, 6.07) is 7.37. The number of likely N-dealkylation sites (tertiary alicyclic amines) is 1. The van der Waals surface area contributed by atoms with Crippen LogP contribution in [0.1, 0.15) is 39.0 Å². The van der Waals surface area contributed by atoms with E-state index in [-0.39, 0.29) is 18.6 Å². The smallest absolute Gasteiger partial charge is 0.241 e. The van der Waals surface area contributed by atoms with Gasteiger partial charge < -0.3 is 16.2 Å². The number of rotatable bonds is 6. The van der Waals surface area contributed by atoms with Gasteiger partial charge in [-0.25, -0.2) is 0 Å². The van der Waals surface area contributed by atoms with Crippen molar-refractivity contribution in [2.24, 2.45) is 0 Å². The summed E-state index contributed by atoms with van der Waals surface area (Å²) in [6.07, 6.45) is 4.87. The summed E-state index contributed by atoms with van der Waals surface area (Å²) in [5.74, 6) is 0.0251. The molecule has 1 heterocycles. The summed E-state index contributed by atoms with van der Waals surface area (Å²) < 4.78 is 0. The zero-order valence-electron chi connectivity index (χ0n) is 13.3. The molecule has 22 heavy (non-hydrogen) atoms. The first-order chi connectivity index (χ1) is 10.7. The standard InChI is InChI=1S/C17H27N3O2/c1-2-16(20-11-4-3-5-15(20)10-12-21)17(22)19-14-8-6-13(18)7-9-14/h6-9,15-16,21H,2-5,10-12,18H2,1H3,(H,19,22). The first-order valence-corrected chi connectivity index (χ1v) is 8.18. The molecule has 1 saturated heterocycles. The zero-order chi connectivity index (χ0) is 15.9. The lowest BCUT2D eigenvalue weighted by Gasteiger charge is -2.40. The molecule has 5 heteroatoms. The first-order valence-electron chi connectivity index (χ1n) is 8.18. The minimum atomic E-state index is -0.144. The normalized spacial score (nSPS) is 20.5. The molecule has 0 saturated carbocycles. The fourth-order valence-electron chi connectivity index (χ4n) is 3.25. The van der Waals surface area contributed by atoms with Crippen LogP contribution >= 0.6 is 0 Å². The molecule has 1 aromatic rings. The van der Waals surface area contributed by atoms with Crippen LogP contribution in [0.4, 0.5) is 11.4 Å². The number of hydrogen-bond acceptors (Lipinski definition) is 4. The molecule has 2 rings (SSSR count). The van der Waals surface area contributed by atoms with Crippen molar-refractivity contribution in [1.82, 2.24) is 4.90 Å². The topological polar surface area (TPSA) is 78.6 Å². The van der Waals surface area contributed by atoms with E-state index < -0.39 is 0 Å². The number of amides is 1. The number of piperidine rings is 1. The SMILES string of the molecule is CCC(C(=O)Nc1ccc(N)cc1)N1CCCCC1CCO. The van der Waals surface area contributed by atoms with Crippen molar-refractivity contribution < 1.29 is 9.90 Å². The molecule has 5 nitrogen and oxygen atoms in total. The molecule has 0 aliphatic carbocycles. The van der Waals surface area contributed by atoms with E-state index >= 15 is 0 Å². The van der Waals surface area contributed by atoms with Crippen molar-refractivity contribution in [3.63, 3.8) is 0 Å². The van der Waals surface area contributed by atoms with Crippen molar-refractivity contribution >= 4 is 17.3 Å². The molecule has 1 aromatic carbocycles. The third-order valence-corrected chi connectivity index (χ3v) is 4.40. The number of aliphatic hydroxyl groups excluding tert-OH is 1. The number of anilines is 2. The fraction of sp³-hybridized carbons (Fsp3) is 0.588. The summed E-state index contributed by atoms with van der Waals surface area (Å²) in [7, 11) is 0. The van der Waals surface area contributed by atoms with E-state index in [0.717, 1.165) is 37.9 Å². The lowest BCUT2D eigenvalue weighted by atomic mass is 9.96. The highest BCUT2D eigenvalue weighted by Gasteiger charge is 2.31. The number of nitrogen functional groups attached to an aromatic ring is 1. The maximum atomic E-state index is 12.6. The van der Waals surface area contributed by atoms with E-state index in [4.69, 9.17) is 5.73 Å². The van der Waals surface area contributed by atoms with Crippen LogP contribution in [0.25, 0.3) is 0 Å². The molecule has 122 valence electrons. The van der Waals surface area contributed by atoms with Gasteiger partial charge in [0.1, 0.15) is 0 Å². The van der Waals surface area contributed by atoms with Crippen molar-refractivity contribution in [3.8, 4) is 0 Å². The van der Waals surface area contributed by atoms with Gasteiger partial charge in [0.15, 0.2) is 0 Å². The molecule has 4 N–H and O–H groups in total. The average Bonchev–Trinajstić information content (AvgIpc) is 2.52. The van der Waals surface area contributed by atoms with Crippen LogP contribution in [-0.2, 0) is 4.79 Å². The molecule has 1 aliphatic rings. The second-order valence-corrected chi connectivity index (χ2v) is 5.94. The summed E-state index contributed by atoms with van der Waals surface area (Å²) in [6.45, 7) is 3.15. The highest BCUT2D eigenvalue weighted by Crippen LogP contribution is 2.24. The van der Waals surface area contributed by atoms with E-state index in [0.29, 0.717) is 11.7 Å². The largest absolute Gasteiger partial charge is 0.399 e. The molecule has 1 amide bonds. The Morgan fingerprint density at radius 3 is 2.77 bits per heavy atom. The monoisotopic (exact) mass is 305 g/mol. The number of hydrogen-bond donors (Lipinski definition) is 3. The van der Waals surface area contributed by atoms with Crippen LogP contribution in [0.15, 0.2) is 24.3 Å². The van der Waals surface area contributed by atoms with Gasteiger partial charge in [0.25, 0.3) is 0 Å². The minimum absolute atomic E-state index is 0.0251. The maximum Gasteiger partial charge on any atom is 0.241 e. The third kappa shape index (κ3) is 4.21. The maximum absolute atomic E-state index is 12.6. The Labute approximate surface area is 132 Å². The Morgan fingerprint density at radius 2 is 2.14 bits per heavy atom. The average molecular weight is 305 g/mol. The summed E-state index contributed by atoms with van der Waals surface area (Å²) in [4.78, 5) is 14.9. The second kappa shape index (κ2) is 8.15. The molecule has 0 spiro atoms. The Balaban J connectivity index is 2.05. The van der Waals surface area contributed by atoms with E-state index in [1.807, 2.05) is 19.1 Å². The summed E-state index contributed by atoms with van der Waals surface area (Å²) in [5.41, 5.74) is 7.12. The van der Waals surface area contributed by atoms with Crippen LogP contribution in [0, 0.1) is 0 Å². The van der Waals surface area contributed by atoms with Gasteiger partial charge >= 0.3 is 0 Å². The Hall–Kier alpha value is -1.59. The lowest BCUT2D eigenvalue weighted by molar-refractivity contribution is -0.123. The molecule has 1 fully saturated rings. The molecule has 0 aromatic heterocycles. The van der Waals surface area contributed by atoms with Gasteiger partial charge in [-0.05, 0) is 56.5 Å². The minimum Gasteiger partial charge on any atom is -0.399 e. The summed E-state index contributed by atoms with van der Waals surface area (Å²) >= 11 is 0. The highest BCUT2D eigenvalue weighted by atomic mass is 16.3. The Bertz CT molecular complexity index is 473. The van der Waals surface area contributed by atoms with Gasteiger partial charge in [0.05, 0.1) is 6.04 Å². The number of nitrogens with zero attached hydrogens (tertiary/aromatic N) is 1. The van der Waals surface area contributed by atoms with Crippen molar-refractivity contribution in [1.29, 1.82) is 0 Å². The fourth-order valence-corrected chi connectivity index (χ4v) is 3.25. The Morgan fingerprint density at radius 1 is 1.41 bits per heavy atom. The molecule has 0 bridgehead atoms. The highest BCUT2D eigenvalue weighted by molar-refractivity contribution is 5.94. The zero-order valence-corrected chi connectivity index (χ0v) is 13.3. The van der Waals surface area contributed by atoms with Crippen LogP contribution in [0.5, 0.6) is 0 Å². The van der Waals surface area contributed by atoms with E-state index in [9.17, 15) is 9.90 Å². The van der Waals surface area contributed by atoms with Gasteiger partial charge in [-0.2, -0.15) is 0 Å². The number of nitrogens with two attached hydrogens (primary N) is 1. The molecule has 0 radical (unpaired) electrons. The van der Waals surface area contributed by atoms with Crippen LogP contribution in [0.2, 0.25) is 0 Å². The Kier molecular flexibility index (Phi) is 6.21. The quantitative estimate of drug-likeness (QED) is 0.704. The van der Waals surface area contributed by atoms with Crippen LogP contribution < -0.4 is 11.1 Å². The molecule has 2 atom stereocenters. The molecule has 2 unspecified atom stereocenters. The molecular formula is C17H27N3O2.